The fraction of sp³-hybridized carbons (Fsp3) is 0.273. The number of nitrogens with one attached hydrogen (secondary N) is 2. The van der Waals surface area contributed by atoms with Gasteiger partial charge in [0, 0.05) is 18.0 Å². The van der Waals surface area contributed by atoms with E-state index in [0.29, 0.717) is 22.6 Å². The molecule has 2 atom stereocenters. The highest BCUT2D eigenvalue weighted by molar-refractivity contribution is 5.98. The predicted molar refractivity (Wildman–Crippen MR) is 105 cm³/mol. The highest BCUT2D eigenvalue weighted by Gasteiger charge is 2.25. The second kappa shape index (κ2) is 10.3. The number of hydrogen-bond donors (Lipinski definition) is 2. The molecule has 0 radical (unpaired) electrons. The third-order valence-corrected chi connectivity index (χ3v) is 4.77. The van der Waals surface area contributed by atoms with Crippen LogP contribution < -0.4 is 30.3 Å². The Morgan fingerprint density at radius 3 is 2.31 bits per heavy atom. The number of carboxylic acid groups (broad SMARTS) is 2. The Labute approximate surface area is 183 Å². The van der Waals surface area contributed by atoms with Gasteiger partial charge in [-0.2, -0.15) is 0 Å². The molecule has 32 heavy (non-hydrogen) atoms. The molecular formula is C22H20N2O8-2. The van der Waals surface area contributed by atoms with Crippen LogP contribution in [0.5, 0.6) is 11.5 Å². The van der Waals surface area contributed by atoms with E-state index in [-0.39, 0.29) is 13.2 Å². The molecule has 0 bridgehead atoms. The third kappa shape index (κ3) is 5.97. The zero-order chi connectivity index (χ0) is 23.1. The van der Waals surface area contributed by atoms with E-state index >= 15 is 0 Å². The lowest BCUT2D eigenvalue weighted by atomic mass is 10.0. The van der Waals surface area contributed by atoms with Crippen LogP contribution in [0.15, 0.2) is 48.5 Å². The number of carbonyl (C=O) groups is 4. The fourth-order valence-electron chi connectivity index (χ4n) is 3.13. The molecule has 2 aromatic rings. The normalized spacial score (nSPS) is 13.6. The highest BCUT2D eigenvalue weighted by Crippen LogP contribution is 2.32. The topological polar surface area (TPSA) is 157 Å². The number of benzene rings is 2. The second-order valence-corrected chi connectivity index (χ2v) is 7.07. The van der Waals surface area contributed by atoms with Gasteiger partial charge in [-0.25, -0.2) is 0 Å². The molecule has 0 aliphatic carbocycles. The van der Waals surface area contributed by atoms with Gasteiger partial charge >= 0.3 is 0 Å². The molecule has 0 unspecified atom stereocenters. The number of aliphatic carboxylic acids is 2. The largest absolute Gasteiger partial charge is 0.550 e. The van der Waals surface area contributed by atoms with Gasteiger partial charge < -0.3 is 39.9 Å². The van der Waals surface area contributed by atoms with E-state index in [0.717, 1.165) is 0 Å². The summed E-state index contributed by atoms with van der Waals surface area (Å²) in [6, 6.07) is 10.5. The minimum atomic E-state index is -1.64. The molecule has 168 valence electrons. The number of rotatable bonds is 10. The van der Waals surface area contributed by atoms with E-state index in [9.17, 15) is 29.4 Å². The third-order valence-electron chi connectivity index (χ3n) is 4.77. The summed E-state index contributed by atoms with van der Waals surface area (Å²) in [6.07, 6.45) is -0.983. The monoisotopic (exact) mass is 440 g/mol. The SMILES string of the molecule is O=C([O-])CC[C@@H](NC(=O)[C@H](Cc1ccc2c(c1)OCO2)NC(=O)c1ccccc1)C(=O)[O-]. The Kier molecular flexibility index (Phi) is 7.27. The summed E-state index contributed by atoms with van der Waals surface area (Å²) in [4.78, 5) is 47.5. The van der Waals surface area contributed by atoms with Crippen LogP contribution in [-0.2, 0) is 20.8 Å². The van der Waals surface area contributed by atoms with Crippen molar-refractivity contribution in [1.29, 1.82) is 0 Å². The Morgan fingerprint density at radius 2 is 1.62 bits per heavy atom. The lowest BCUT2D eigenvalue weighted by Crippen LogP contribution is -2.55. The summed E-state index contributed by atoms with van der Waals surface area (Å²) < 4.78 is 10.6. The number of fused-ring (bicyclic) bond motifs is 1. The molecule has 10 nitrogen and oxygen atoms in total. The van der Waals surface area contributed by atoms with Crippen molar-refractivity contribution in [3.63, 3.8) is 0 Å². The second-order valence-electron chi connectivity index (χ2n) is 7.07. The summed E-state index contributed by atoms with van der Waals surface area (Å²) in [6.45, 7) is 0.0686. The van der Waals surface area contributed by atoms with E-state index < -0.39 is 48.7 Å². The van der Waals surface area contributed by atoms with Crippen molar-refractivity contribution in [3.05, 3.63) is 59.7 Å². The summed E-state index contributed by atoms with van der Waals surface area (Å²) in [5, 5.41) is 26.8. The standard InChI is InChI=1S/C22H22N2O8/c25-19(26)9-7-15(22(29)30)23-21(28)16(24-20(27)14-4-2-1-3-5-14)10-13-6-8-17-18(11-13)32-12-31-17/h1-6,8,11,15-16H,7,9-10,12H2,(H,23,28)(H,24,27)(H,25,26)(H,29,30)/p-2/t15-,16+/m1/s1. The maximum atomic E-state index is 12.9. The van der Waals surface area contributed by atoms with Crippen LogP contribution in [-0.4, -0.2) is 42.6 Å². The van der Waals surface area contributed by atoms with Crippen LogP contribution in [0.2, 0.25) is 0 Å². The maximum Gasteiger partial charge on any atom is 0.251 e. The lowest BCUT2D eigenvalue weighted by Gasteiger charge is -2.24. The molecule has 2 amide bonds. The molecule has 1 aliphatic rings. The molecule has 2 N–H and O–H groups in total. The number of hydrogen-bond acceptors (Lipinski definition) is 8. The molecule has 1 aliphatic heterocycles. The molecule has 0 spiro atoms. The molecule has 0 saturated heterocycles. The molecule has 0 saturated carbocycles. The zero-order valence-corrected chi connectivity index (χ0v) is 16.9. The van der Waals surface area contributed by atoms with Crippen molar-refractivity contribution < 1.29 is 38.9 Å². The van der Waals surface area contributed by atoms with E-state index in [1.807, 2.05) is 0 Å². The molecule has 0 fully saturated rings. The average Bonchev–Trinajstić information content (AvgIpc) is 3.24. The molecule has 10 heteroatoms. The molecule has 0 aromatic heterocycles. The van der Waals surface area contributed by atoms with Crippen molar-refractivity contribution in [1.82, 2.24) is 10.6 Å². The van der Waals surface area contributed by atoms with Crippen LogP contribution in [0, 0.1) is 0 Å². The van der Waals surface area contributed by atoms with Gasteiger partial charge in [0.05, 0.1) is 12.0 Å². The van der Waals surface area contributed by atoms with Crippen LogP contribution in [0.1, 0.15) is 28.8 Å². The van der Waals surface area contributed by atoms with Crippen molar-refractivity contribution in [2.24, 2.45) is 0 Å². The zero-order valence-electron chi connectivity index (χ0n) is 16.9. The molecule has 1 heterocycles. The smallest absolute Gasteiger partial charge is 0.251 e. The Hall–Kier alpha value is -4.08. The number of carbonyl (C=O) groups excluding carboxylic acids is 4. The van der Waals surface area contributed by atoms with Crippen molar-refractivity contribution in [2.75, 3.05) is 6.79 Å². The highest BCUT2D eigenvalue weighted by atomic mass is 16.7. The van der Waals surface area contributed by atoms with Crippen LogP contribution in [0.4, 0.5) is 0 Å². The summed E-state index contributed by atoms with van der Waals surface area (Å²) in [7, 11) is 0. The van der Waals surface area contributed by atoms with E-state index in [4.69, 9.17) is 9.47 Å². The van der Waals surface area contributed by atoms with Gasteiger partial charge in [0.25, 0.3) is 5.91 Å². The van der Waals surface area contributed by atoms with Crippen LogP contribution >= 0.6 is 0 Å². The lowest BCUT2D eigenvalue weighted by molar-refractivity contribution is -0.310. The van der Waals surface area contributed by atoms with Gasteiger partial charge in [-0.3, -0.25) is 9.59 Å². The number of ether oxygens (including phenoxy) is 2. The predicted octanol–water partition coefficient (Wildman–Crippen LogP) is -1.48. The van der Waals surface area contributed by atoms with Gasteiger partial charge in [0.1, 0.15) is 6.04 Å². The van der Waals surface area contributed by atoms with Crippen LogP contribution in [0.25, 0.3) is 0 Å². The van der Waals surface area contributed by atoms with Crippen molar-refractivity contribution in [2.45, 2.75) is 31.3 Å². The van der Waals surface area contributed by atoms with Crippen molar-refractivity contribution >= 4 is 23.8 Å². The van der Waals surface area contributed by atoms with E-state index in [2.05, 4.69) is 10.6 Å². The summed E-state index contributed by atoms with van der Waals surface area (Å²) in [5.41, 5.74) is 0.937. The summed E-state index contributed by atoms with van der Waals surface area (Å²) in [5.74, 6) is -3.42. The van der Waals surface area contributed by atoms with Gasteiger partial charge in [-0.1, -0.05) is 24.3 Å². The van der Waals surface area contributed by atoms with Crippen molar-refractivity contribution in [3.8, 4) is 11.5 Å². The van der Waals surface area contributed by atoms with Gasteiger partial charge in [-0.15, -0.1) is 0 Å². The molecule has 2 aromatic carbocycles. The first-order valence-electron chi connectivity index (χ1n) is 9.79. The Morgan fingerprint density at radius 1 is 0.906 bits per heavy atom. The van der Waals surface area contributed by atoms with E-state index in [1.165, 1.54) is 0 Å². The minimum absolute atomic E-state index is 0.0152. The maximum absolute atomic E-state index is 12.9. The number of amides is 2. The first kappa shape index (κ1) is 22.6. The Balaban J connectivity index is 1.78. The van der Waals surface area contributed by atoms with E-state index in [1.54, 1.807) is 48.5 Å². The Bertz CT molecular complexity index is 1010. The van der Waals surface area contributed by atoms with Gasteiger partial charge in [0.2, 0.25) is 12.7 Å². The molecule has 3 rings (SSSR count). The van der Waals surface area contributed by atoms with Gasteiger partial charge in [0.15, 0.2) is 11.5 Å². The first-order chi connectivity index (χ1) is 15.3. The van der Waals surface area contributed by atoms with Gasteiger partial charge in [-0.05, 0) is 42.7 Å². The fourth-order valence-corrected chi connectivity index (χ4v) is 3.13. The minimum Gasteiger partial charge on any atom is -0.550 e. The van der Waals surface area contributed by atoms with Crippen LogP contribution in [0.3, 0.4) is 0 Å². The molecular weight excluding hydrogens is 420 g/mol. The average molecular weight is 440 g/mol. The summed E-state index contributed by atoms with van der Waals surface area (Å²) >= 11 is 0. The number of carboxylic acids is 2. The first-order valence-corrected chi connectivity index (χ1v) is 9.79. The quantitative estimate of drug-likeness (QED) is 0.453.